The molecule has 4 nitrogen and oxygen atoms in total. The highest BCUT2D eigenvalue weighted by Gasteiger charge is 2.21. The van der Waals surface area contributed by atoms with Crippen molar-refractivity contribution >= 4 is 0 Å². The summed E-state index contributed by atoms with van der Waals surface area (Å²) in [5.41, 5.74) is 0. The van der Waals surface area contributed by atoms with Gasteiger partial charge >= 0.3 is 0 Å². The molecule has 2 unspecified atom stereocenters. The maximum atomic E-state index is 3.60. The Morgan fingerprint density at radius 3 is 2.30 bits per heavy atom. The smallest absolute Gasteiger partial charge is 0.0113 e. The van der Waals surface area contributed by atoms with E-state index in [0.29, 0.717) is 12.1 Å². The third kappa shape index (κ3) is 7.02. The standard InChI is InChI=1S/C16H36N4/c1-6-7-17-15(2)14-16(3)20-12-10-19(11-13-20)9-8-18(4)5/h15-17H,6-14H2,1-5H3. The third-order valence-electron chi connectivity index (χ3n) is 4.33. The first-order valence-electron chi connectivity index (χ1n) is 8.37. The fraction of sp³-hybridized carbons (Fsp3) is 1.00. The molecule has 0 amide bonds. The minimum atomic E-state index is 0.636. The summed E-state index contributed by atoms with van der Waals surface area (Å²) in [7, 11) is 4.31. The molecular formula is C16H36N4. The summed E-state index contributed by atoms with van der Waals surface area (Å²) < 4.78 is 0. The lowest BCUT2D eigenvalue weighted by Gasteiger charge is -2.39. The molecule has 0 aromatic rings. The fourth-order valence-electron chi connectivity index (χ4n) is 2.90. The average Bonchev–Trinajstić information content (AvgIpc) is 2.43. The van der Waals surface area contributed by atoms with Crippen molar-refractivity contribution in [3.63, 3.8) is 0 Å². The highest BCUT2D eigenvalue weighted by atomic mass is 15.3. The fourth-order valence-corrected chi connectivity index (χ4v) is 2.90. The van der Waals surface area contributed by atoms with Crippen LogP contribution in [-0.2, 0) is 0 Å². The summed E-state index contributed by atoms with van der Waals surface area (Å²) in [5.74, 6) is 0. The SMILES string of the molecule is CCCNC(C)CC(C)N1CCN(CCN(C)C)CC1. The van der Waals surface area contributed by atoms with Crippen molar-refractivity contribution in [2.75, 3.05) is 59.9 Å². The monoisotopic (exact) mass is 284 g/mol. The summed E-state index contributed by atoms with van der Waals surface area (Å²) in [6.45, 7) is 15.4. The molecular weight excluding hydrogens is 248 g/mol. The van der Waals surface area contributed by atoms with E-state index in [0.717, 1.165) is 6.54 Å². The molecule has 1 rings (SSSR count). The quantitative estimate of drug-likeness (QED) is 0.689. The first-order valence-corrected chi connectivity index (χ1v) is 8.37. The Balaban J connectivity index is 2.19. The second kappa shape index (κ2) is 9.72. The van der Waals surface area contributed by atoms with Crippen LogP contribution >= 0.6 is 0 Å². The Labute approximate surface area is 126 Å². The average molecular weight is 284 g/mol. The summed E-state index contributed by atoms with van der Waals surface area (Å²) in [4.78, 5) is 7.54. The lowest BCUT2D eigenvalue weighted by atomic mass is 10.1. The number of rotatable bonds is 9. The van der Waals surface area contributed by atoms with Crippen LogP contribution in [0.3, 0.4) is 0 Å². The van der Waals surface area contributed by atoms with Crippen LogP contribution in [0, 0.1) is 0 Å². The van der Waals surface area contributed by atoms with Crippen molar-refractivity contribution in [3.8, 4) is 0 Å². The molecule has 4 heteroatoms. The van der Waals surface area contributed by atoms with Gasteiger partial charge < -0.3 is 10.2 Å². The molecule has 1 aliphatic heterocycles. The van der Waals surface area contributed by atoms with E-state index in [1.54, 1.807) is 0 Å². The number of piperazine rings is 1. The zero-order valence-electron chi connectivity index (χ0n) is 14.4. The van der Waals surface area contributed by atoms with Crippen LogP contribution < -0.4 is 5.32 Å². The van der Waals surface area contributed by atoms with Crippen molar-refractivity contribution in [3.05, 3.63) is 0 Å². The predicted molar refractivity (Wildman–Crippen MR) is 88.4 cm³/mol. The molecule has 0 aliphatic carbocycles. The molecule has 1 saturated heterocycles. The van der Waals surface area contributed by atoms with Gasteiger partial charge in [0.25, 0.3) is 0 Å². The second-order valence-electron chi connectivity index (χ2n) is 6.62. The molecule has 20 heavy (non-hydrogen) atoms. The number of hydrogen-bond acceptors (Lipinski definition) is 4. The Morgan fingerprint density at radius 2 is 1.75 bits per heavy atom. The Bertz CT molecular complexity index is 237. The van der Waals surface area contributed by atoms with E-state index in [-0.39, 0.29) is 0 Å². The minimum absolute atomic E-state index is 0.636. The van der Waals surface area contributed by atoms with Crippen molar-refractivity contribution in [2.45, 2.75) is 45.7 Å². The van der Waals surface area contributed by atoms with Gasteiger partial charge in [0, 0.05) is 51.4 Å². The topological polar surface area (TPSA) is 21.8 Å². The van der Waals surface area contributed by atoms with Gasteiger partial charge in [-0.2, -0.15) is 0 Å². The van der Waals surface area contributed by atoms with Crippen LogP contribution in [0.4, 0.5) is 0 Å². The van der Waals surface area contributed by atoms with Crippen LogP contribution in [0.2, 0.25) is 0 Å². The van der Waals surface area contributed by atoms with Crippen LogP contribution in [-0.4, -0.2) is 86.7 Å². The highest BCUT2D eigenvalue weighted by molar-refractivity contribution is 4.79. The summed E-state index contributed by atoms with van der Waals surface area (Å²) >= 11 is 0. The maximum absolute atomic E-state index is 3.60. The molecule has 0 aromatic carbocycles. The molecule has 0 saturated carbocycles. The number of nitrogens with zero attached hydrogens (tertiary/aromatic N) is 3. The Hall–Kier alpha value is -0.160. The van der Waals surface area contributed by atoms with Crippen molar-refractivity contribution in [2.24, 2.45) is 0 Å². The van der Waals surface area contributed by atoms with Crippen LogP contribution in [0.25, 0.3) is 0 Å². The third-order valence-corrected chi connectivity index (χ3v) is 4.33. The molecule has 0 bridgehead atoms. The molecule has 0 radical (unpaired) electrons. The summed E-state index contributed by atoms with van der Waals surface area (Å²) in [5, 5.41) is 3.60. The largest absolute Gasteiger partial charge is 0.314 e. The summed E-state index contributed by atoms with van der Waals surface area (Å²) in [6.07, 6.45) is 2.49. The normalized spacial score (nSPS) is 21.3. The molecule has 2 atom stereocenters. The van der Waals surface area contributed by atoms with E-state index in [1.165, 1.54) is 52.1 Å². The molecule has 0 spiro atoms. The highest BCUT2D eigenvalue weighted by Crippen LogP contribution is 2.11. The zero-order chi connectivity index (χ0) is 15.0. The Morgan fingerprint density at radius 1 is 1.10 bits per heavy atom. The van der Waals surface area contributed by atoms with Gasteiger partial charge in [0.15, 0.2) is 0 Å². The van der Waals surface area contributed by atoms with E-state index in [9.17, 15) is 0 Å². The molecule has 120 valence electrons. The molecule has 1 N–H and O–H groups in total. The second-order valence-corrected chi connectivity index (χ2v) is 6.62. The predicted octanol–water partition coefficient (Wildman–Crippen LogP) is 1.33. The lowest BCUT2D eigenvalue weighted by molar-refractivity contribution is 0.0909. The van der Waals surface area contributed by atoms with Gasteiger partial charge in [-0.05, 0) is 47.3 Å². The number of likely N-dealkylation sites (N-methyl/N-ethyl adjacent to an activating group) is 1. The van der Waals surface area contributed by atoms with Gasteiger partial charge in [-0.1, -0.05) is 6.92 Å². The molecule has 1 heterocycles. The minimum Gasteiger partial charge on any atom is -0.314 e. The van der Waals surface area contributed by atoms with Crippen LogP contribution in [0.1, 0.15) is 33.6 Å². The van der Waals surface area contributed by atoms with E-state index in [2.05, 4.69) is 54.9 Å². The first-order chi connectivity index (χ1) is 9.52. The molecule has 1 fully saturated rings. The van der Waals surface area contributed by atoms with E-state index >= 15 is 0 Å². The number of nitrogens with one attached hydrogen (secondary N) is 1. The summed E-state index contributed by atoms with van der Waals surface area (Å²) in [6, 6.07) is 1.34. The van der Waals surface area contributed by atoms with Gasteiger partial charge in [-0.15, -0.1) is 0 Å². The first kappa shape index (κ1) is 17.9. The van der Waals surface area contributed by atoms with Crippen LogP contribution in [0.5, 0.6) is 0 Å². The maximum Gasteiger partial charge on any atom is 0.0113 e. The Kier molecular flexibility index (Phi) is 8.69. The van der Waals surface area contributed by atoms with E-state index < -0.39 is 0 Å². The van der Waals surface area contributed by atoms with Crippen LogP contribution in [0.15, 0.2) is 0 Å². The van der Waals surface area contributed by atoms with Crippen molar-refractivity contribution in [1.29, 1.82) is 0 Å². The van der Waals surface area contributed by atoms with E-state index in [1.807, 2.05) is 0 Å². The van der Waals surface area contributed by atoms with Gasteiger partial charge in [0.2, 0.25) is 0 Å². The molecule has 0 aromatic heterocycles. The van der Waals surface area contributed by atoms with Gasteiger partial charge in [0.1, 0.15) is 0 Å². The lowest BCUT2D eigenvalue weighted by Crippen LogP contribution is -2.51. The van der Waals surface area contributed by atoms with Crippen molar-refractivity contribution in [1.82, 2.24) is 20.0 Å². The molecule has 1 aliphatic rings. The van der Waals surface area contributed by atoms with Gasteiger partial charge in [0.05, 0.1) is 0 Å². The van der Waals surface area contributed by atoms with Gasteiger partial charge in [-0.3, -0.25) is 9.80 Å². The zero-order valence-corrected chi connectivity index (χ0v) is 14.4. The van der Waals surface area contributed by atoms with Crippen molar-refractivity contribution < 1.29 is 0 Å². The van der Waals surface area contributed by atoms with Gasteiger partial charge in [-0.25, -0.2) is 0 Å². The number of hydrogen-bond donors (Lipinski definition) is 1. The van der Waals surface area contributed by atoms with E-state index in [4.69, 9.17) is 0 Å².